The summed E-state index contributed by atoms with van der Waals surface area (Å²) >= 11 is 3.56. The lowest BCUT2D eigenvalue weighted by atomic mass is 9.88. The Morgan fingerprint density at radius 2 is 2.11 bits per heavy atom. The first-order valence-corrected chi connectivity index (χ1v) is 7.13. The van der Waals surface area contributed by atoms with Gasteiger partial charge in [-0.1, -0.05) is 22.9 Å². The lowest BCUT2D eigenvalue weighted by Gasteiger charge is -2.35. The molecule has 1 aromatic carbocycles. The molecular weight excluding hydrogens is 308 g/mol. The highest BCUT2D eigenvalue weighted by atomic mass is 79.9. The number of nitrogens with two attached hydrogens (primary N) is 1. The molecule has 2 atom stereocenters. The number of hydrazine groups is 1. The van der Waals surface area contributed by atoms with E-state index in [4.69, 9.17) is 15.3 Å². The Labute approximate surface area is 123 Å². The van der Waals surface area contributed by atoms with Gasteiger partial charge in [0.25, 0.3) is 0 Å². The van der Waals surface area contributed by atoms with Gasteiger partial charge >= 0.3 is 0 Å². The summed E-state index contributed by atoms with van der Waals surface area (Å²) in [6, 6.07) is 5.94. The number of halogens is 1. The van der Waals surface area contributed by atoms with E-state index < -0.39 is 0 Å². The fraction of sp³-hybridized carbons (Fsp3) is 0.571. The van der Waals surface area contributed by atoms with Crippen molar-refractivity contribution in [1.29, 1.82) is 0 Å². The summed E-state index contributed by atoms with van der Waals surface area (Å²) < 4.78 is 11.9. The molecule has 0 fully saturated rings. The van der Waals surface area contributed by atoms with E-state index in [1.807, 2.05) is 18.2 Å². The van der Waals surface area contributed by atoms with Crippen LogP contribution in [0.2, 0.25) is 0 Å². The van der Waals surface area contributed by atoms with Crippen LogP contribution in [-0.2, 0) is 11.2 Å². The maximum atomic E-state index is 5.70. The van der Waals surface area contributed by atoms with Crippen molar-refractivity contribution in [2.45, 2.75) is 38.3 Å². The number of nitrogens with one attached hydrogen (secondary N) is 1. The molecular formula is C14H23BrN2O2. The van der Waals surface area contributed by atoms with Gasteiger partial charge in [0.2, 0.25) is 0 Å². The first-order valence-electron chi connectivity index (χ1n) is 6.34. The Kier molecular flexibility index (Phi) is 6.26. The fourth-order valence-electron chi connectivity index (χ4n) is 2.04. The van der Waals surface area contributed by atoms with Gasteiger partial charge in [-0.25, -0.2) is 0 Å². The average Bonchev–Trinajstić information content (AvgIpc) is 2.45. The van der Waals surface area contributed by atoms with Gasteiger partial charge in [-0.2, -0.15) is 0 Å². The van der Waals surface area contributed by atoms with E-state index in [-0.39, 0.29) is 11.6 Å². The summed E-state index contributed by atoms with van der Waals surface area (Å²) in [5.41, 5.74) is 3.70. The zero-order valence-corrected chi connectivity index (χ0v) is 13.6. The quantitative estimate of drug-likeness (QED) is 0.596. The van der Waals surface area contributed by atoms with Gasteiger partial charge in [0.1, 0.15) is 5.75 Å². The molecule has 0 aliphatic heterocycles. The van der Waals surface area contributed by atoms with E-state index in [9.17, 15) is 0 Å². The molecule has 0 bridgehead atoms. The molecule has 5 heteroatoms. The van der Waals surface area contributed by atoms with Gasteiger partial charge in [0.05, 0.1) is 18.8 Å². The molecule has 0 aliphatic carbocycles. The lowest BCUT2D eigenvalue weighted by molar-refractivity contribution is -0.0288. The molecule has 2 unspecified atom stereocenters. The smallest absolute Gasteiger partial charge is 0.119 e. The Hall–Kier alpha value is -0.620. The van der Waals surface area contributed by atoms with Crippen LogP contribution in [0.3, 0.4) is 0 Å². The van der Waals surface area contributed by atoms with Crippen molar-refractivity contribution >= 4 is 15.9 Å². The summed E-state index contributed by atoms with van der Waals surface area (Å²) in [7, 11) is 3.38. The highest BCUT2D eigenvalue weighted by Crippen LogP contribution is 2.27. The molecule has 0 saturated heterocycles. The molecule has 3 N–H and O–H groups in total. The van der Waals surface area contributed by atoms with E-state index in [0.717, 1.165) is 28.6 Å². The predicted molar refractivity (Wildman–Crippen MR) is 81.2 cm³/mol. The van der Waals surface area contributed by atoms with Crippen LogP contribution in [0.4, 0.5) is 0 Å². The average molecular weight is 331 g/mol. The Bertz CT molecular complexity index is 408. The third-order valence-electron chi connectivity index (χ3n) is 3.78. The molecule has 19 heavy (non-hydrogen) atoms. The van der Waals surface area contributed by atoms with Crippen molar-refractivity contribution in [2.75, 3.05) is 14.2 Å². The van der Waals surface area contributed by atoms with Gasteiger partial charge in [0, 0.05) is 11.6 Å². The standard InChI is InChI=1S/C14H23BrN2O2/c1-5-14(2,19-4)13(17-16)9-10-8-11(18-3)6-7-12(10)15/h6-8,13,17H,5,9,16H2,1-4H3. The summed E-state index contributed by atoms with van der Waals surface area (Å²) in [6.45, 7) is 4.15. The molecule has 0 radical (unpaired) electrons. The lowest BCUT2D eigenvalue weighted by Crippen LogP contribution is -2.53. The molecule has 0 saturated carbocycles. The second kappa shape index (κ2) is 7.24. The largest absolute Gasteiger partial charge is 0.497 e. The number of ether oxygens (including phenoxy) is 2. The van der Waals surface area contributed by atoms with Crippen molar-refractivity contribution in [3.05, 3.63) is 28.2 Å². The van der Waals surface area contributed by atoms with Crippen LogP contribution in [0.1, 0.15) is 25.8 Å². The molecule has 0 aliphatic rings. The Balaban J connectivity index is 2.98. The number of hydrogen-bond acceptors (Lipinski definition) is 4. The second-order valence-corrected chi connectivity index (χ2v) is 5.61. The molecule has 0 spiro atoms. The minimum Gasteiger partial charge on any atom is -0.497 e. The normalized spacial score (nSPS) is 15.9. The van der Waals surface area contributed by atoms with Crippen molar-refractivity contribution in [3.63, 3.8) is 0 Å². The van der Waals surface area contributed by atoms with Crippen LogP contribution in [0, 0.1) is 0 Å². The molecule has 108 valence electrons. The van der Waals surface area contributed by atoms with Crippen molar-refractivity contribution < 1.29 is 9.47 Å². The summed E-state index contributed by atoms with van der Waals surface area (Å²) in [6.07, 6.45) is 1.63. The van der Waals surface area contributed by atoms with Gasteiger partial charge in [-0.15, -0.1) is 0 Å². The van der Waals surface area contributed by atoms with Crippen LogP contribution in [-0.4, -0.2) is 25.9 Å². The molecule has 0 amide bonds. The minimum atomic E-state index is -0.308. The van der Waals surface area contributed by atoms with Crippen molar-refractivity contribution in [1.82, 2.24) is 5.43 Å². The molecule has 1 rings (SSSR count). The van der Waals surface area contributed by atoms with Crippen LogP contribution < -0.4 is 16.0 Å². The number of benzene rings is 1. The summed E-state index contributed by atoms with van der Waals surface area (Å²) in [4.78, 5) is 0. The number of hydrogen-bond donors (Lipinski definition) is 2. The maximum Gasteiger partial charge on any atom is 0.119 e. The van der Waals surface area contributed by atoms with Gasteiger partial charge in [0.15, 0.2) is 0 Å². The first-order chi connectivity index (χ1) is 9.00. The highest BCUT2D eigenvalue weighted by Gasteiger charge is 2.32. The maximum absolute atomic E-state index is 5.70. The zero-order valence-electron chi connectivity index (χ0n) is 12.0. The summed E-state index contributed by atoms with van der Waals surface area (Å²) in [5, 5.41) is 0. The van der Waals surface area contributed by atoms with Crippen LogP contribution in [0.15, 0.2) is 22.7 Å². The zero-order chi connectivity index (χ0) is 14.5. The van der Waals surface area contributed by atoms with E-state index in [1.165, 1.54) is 0 Å². The predicted octanol–water partition coefficient (Wildman–Crippen LogP) is 2.65. The number of rotatable bonds is 7. The van der Waals surface area contributed by atoms with Crippen molar-refractivity contribution in [2.24, 2.45) is 5.84 Å². The first kappa shape index (κ1) is 16.4. The monoisotopic (exact) mass is 330 g/mol. The van der Waals surface area contributed by atoms with E-state index in [1.54, 1.807) is 14.2 Å². The topological polar surface area (TPSA) is 56.5 Å². The van der Waals surface area contributed by atoms with Crippen LogP contribution in [0.5, 0.6) is 5.75 Å². The van der Waals surface area contributed by atoms with E-state index in [0.29, 0.717) is 0 Å². The minimum absolute atomic E-state index is 0.0194. The highest BCUT2D eigenvalue weighted by molar-refractivity contribution is 9.10. The summed E-state index contributed by atoms with van der Waals surface area (Å²) in [5.74, 6) is 6.54. The SMILES string of the molecule is CCC(C)(OC)C(Cc1cc(OC)ccc1Br)NN. The number of methoxy groups -OCH3 is 2. The molecule has 0 aromatic heterocycles. The molecule has 0 heterocycles. The third kappa shape index (κ3) is 3.92. The van der Waals surface area contributed by atoms with E-state index in [2.05, 4.69) is 35.2 Å². The molecule has 4 nitrogen and oxygen atoms in total. The fourth-order valence-corrected chi connectivity index (χ4v) is 2.45. The second-order valence-electron chi connectivity index (χ2n) is 4.75. The third-order valence-corrected chi connectivity index (χ3v) is 4.56. The van der Waals surface area contributed by atoms with Crippen molar-refractivity contribution in [3.8, 4) is 5.75 Å². The van der Waals surface area contributed by atoms with Gasteiger partial charge in [-0.3, -0.25) is 11.3 Å². The van der Waals surface area contributed by atoms with Gasteiger partial charge in [-0.05, 0) is 43.5 Å². The molecule has 1 aromatic rings. The van der Waals surface area contributed by atoms with Crippen LogP contribution in [0.25, 0.3) is 0 Å². The van der Waals surface area contributed by atoms with E-state index >= 15 is 0 Å². The Morgan fingerprint density at radius 1 is 1.42 bits per heavy atom. The van der Waals surface area contributed by atoms with Gasteiger partial charge < -0.3 is 9.47 Å². The van der Waals surface area contributed by atoms with Crippen LogP contribution >= 0.6 is 15.9 Å². The Morgan fingerprint density at radius 3 is 2.58 bits per heavy atom.